The SMILES string of the molecule is NC(=O)c1cccc2c1c1c(OCC(=O)O)cc3ccccc3c1n2Cc1ccccc1. The minimum absolute atomic E-state index is 0.370. The topological polar surface area (TPSA) is 94.6 Å². The molecule has 0 aliphatic rings. The Kier molecular flexibility index (Phi) is 4.75. The average Bonchev–Trinajstić information content (AvgIpc) is 3.13. The molecule has 0 aliphatic carbocycles. The third kappa shape index (κ3) is 3.22. The maximum atomic E-state index is 12.3. The number of amides is 1. The van der Waals surface area contributed by atoms with Gasteiger partial charge in [0, 0.05) is 22.9 Å². The molecule has 0 aliphatic heterocycles. The summed E-state index contributed by atoms with van der Waals surface area (Å²) < 4.78 is 7.87. The normalized spacial score (nSPS) is 11.2. The quantitative estimate of drug-likeness (QED) is 0.418. The summed E-state index contributed by atoms with van der Waals surface area (Å²) in [6, 6.07) is 25.1. The summed E-state index contributed by atoms with van der Waals surface area (Å²) in [4.78, 5) is 23.6. The molecule has 158 valence electrons. The van der Waals surface area contributed by atoms with Gasteiger partial charge in [-0.3, -0.25) is 4.79 Å². The number of ether oxygens (including phenoxy) is 1. The van der Waals surface area contributed by atoms with Gasteiger partial charge in [0.25, 0.3) is 0 Å². The Balaban J connectivity index is 1.95. The van der Waals surface area contributed by atoms with Crippen LogP contribution in [0.15, 0.2) is 78.9 Å². The lowest BCUT2D eigenvalue weighted by atomic mass is 10.0. The zero-order valence-electron chi connectivity index (χ0n) is 17.1. The van der Waals surface area contributed by atoms with Crippen LogP contribution >= 0.6 is 0 Å². The lowest BCUT2D eigenvalue weighted by Crippen LogP contribution is -2.11. The van der Waals surface area contributed by atoms with E-state index in [-0.39, 0.29) is 0 Å². The Bertz CT molecular complexity index is 1500. The summed E-state index contributed by atoms with van der Waals surface area (Å²) in [5.74, 6) is -1.22. The third-order valence-electron chi connectivity index (χ3n) is 5.64. The summed E-state index contributed by atoms with van der Waals surface area (Å²) in [5, 5.41) is 12.5. The summed E-state index contributed by atoms with van der Waals surface area (Å²) in [5.41, 5.74) is 8.90. The van der Waals surface area contributed by atoms with Crippen molar-refractivity contribution in [3.8, 4) is 5.75 Å². The number of aromatic nitrogens is 1. The Labute approximate surface area is 183 Å². The molecular formula is C26H20N2O4. The Morgan fingerprint density at radius 3 is 2.41 bits per heavy atom. The van der Waals surface area contributed by atoms with Gasteiger partial charge < -0.3 is 20.1 Å². The molecule has 0 fully saturated rings. The highest BCUT2D eigenvalue weighted by molar-refractivity contribution is 6.25. The highest BCUT2D eigenvalue weighted by Gasteiger charge is 2.22. The largest absolute Gasteiger partial charge is 0.481 e. The van der Waals surface area contributed by atoms with Gasteiger partial charge in [0.05, 0.1) is 16.4 Å². The average molecular weight is 424 g/mol. The second kappa shape index (κ2) is 7.74. The number of hydrogen-bond donors (Lipinski definition) is 2. The number of benzene rings is 4. The van der Waals surface area contributed by atoms with Crippen molar-refractivity contribution >= 4 is 44.5 Å². The zero-order chi connectivity index (χ0) is 22.2. The number of carboxylic acid groups (broad SMARTS) is 1. The molecule has 4 aromatic carbocycles. The number of aliphatic carboxylic acids is 1. The first kappa shape index (κ1) is 19.6. The molecule has 0 radical (unpaired) electrons. The zero-order valence-corrected chi connectivity index (χ0v) is 17.1. The van der Waals surface area contributed by atoms with Gasteiger partial charge in [-0.1, -0.05) is 60.7 Å². The van der Waals surface area contributed by atoms with Crippen LogP contribution in [0.2, 0.25) is 0 Å². The standard InChI is InChI=1S/C26H20N2O4/c27-26(31)19-11-6-12-20-23(19)24-21(32-15-22(29)30)13-17-9-4-5-10-18(17)25(24)28(20)14-16-7-2-1-3-8-16/h1-13H,14-15H2,(H2,27,31)(H,29,30). The number of carbonyl (C=O) groups is 2. The first-order chi connectivity index (χ1) is 15.5. The predicted octanol–water partition coefficient (Wildman–Crippen LogP) is 4.56. The van der Waals surface area contributed by atoms with Crippen molar-refractivity contribution in [2.24, 2.45) is 5.73 Å². The molecule has 0 atom stereocenters. The van der Waals surface area contributed by atoms with Crippen molar-refractivity contribution in [3.05, 3.63) is 90.0 Å². The van der Waals surface area contributed by atoms with Crippen LogP contribution in [0.1, 0.15) is 15.9 Å². The molecular weight excluding hydrogens is 404 g/mol. The fourth-order valence-corrected chi connectivity index (χ4v) is 4.36. The number of hydrogen-bond acceptors (Lipinski definition) is 3. The Morgan fingerprint density at radius 1 is 0.906 bits per heavy atom. The number of fused-ring (bicyclic) bond motifs is 5. The van der Waals surface area contributed by atoms with E-state index in [1.807, 2.05) is 72.8 Å². The molecule has 32 heavy (non-hydrogen) atoms. The van der Waals surface area contributed by atoms with Crippen molar-refractivity contribution in [3.63, 3.8) is 0 Å². The van der Waals surface area contributed by atoms with Crippen LogP contribution < -0.4 is 10.5 Å². The highest BCUT2D eigenvalue weighted by atomic mass is 16.5. The van der Waals surface area contributed by atoms with Crippen LogP contribution in [0, 0.1) is 0 Å². The van der Waals surface area contributed by atoms with Gasteiger partial charge >= 0.3 is 5.97 Å². The van der Waals surface area contributed by atoms with Gasteiger partial charge in [-0.15, -0.1) is 0 Å². The predicted molar refractivity (Wildman–Crippen MR) is 124 cm³/mol. The summed E-state index contributed by atoms with van der Waals surface area (Å²) in [7, 11) is 0. The second-order valence-electron chi connectivity index (χ2n) is 7.64. The Hall–Kier alpha value is -4.32. The first-order valence-corrected chi connectivity index (χ1v) is 10.2. The minimum Gasteiger partial charge on any atom is -0.481 e. The van der Waals surface area contributed by atoms with Crippen LogP contribution in [-0.4, -0.2) is 28.2 Å². The number of carbonyl (C=O) groups excluding carboxylic acids is 1. The summed E-state index contributed by atoms with van der Waals surface area (Å²) in [6.07, 6.45) is 0. The fourth-order valence-electron chi connectivity index (χ4n) is 4.36. The van der Waals surface area contributed by atoms with Crippen molar-refractivity contribution in [2.75, 3.05) is 6.61 Å². The minimum atomic E-state index is -1.07. The second-order valence-corrected chi connectivity index (χ2v) is 7.64. The van der Waals surface area contributed by atoms with E-state index in [1.54, 1.807) is 6.07 Å². The molecule has 0 bridgehead atoms. The van der Waals surface area contributed by atoms with Gasteiger partial charge in [-0.05, 0) is 29.1 Å². The van der Waals surface area contributed by atoms with Gasteiger partial charge in [0.15, 0.2) is 6.61 Å². The van der Waals surface area contributed by atoms with E-state index >= 15 is 0 Å². The lowest BCUT2D eigenvalue weighted by molar-refractivity contribution is -0.139. The van der Waals surface area contributed by atoms with E-state index in [2.05, 4.69) is 4.57 Å². The van der Waals surface area contributed by atoms with Crippen molar-refractivity contribution in [2.45, 2.75) is 6.54 Å². The maximum absolute atomic E-state index is 12.3. The van der Waals surface area contributed by atoms with E-state index in [0.717, 1.165) is 27.4 Å². The molecule has 0 saturated heterocycles. The van der Waals surface area contributed by atoms with Crippen LogP contribution in [-0.2, 0) is 11.3 Å². The molecule has 1 amide bonds. The molecule has 5 rings (SSSR count). The summed E-state index contributed by atoms with van der Waals surface area (Å²) in [6.45, 7) is 0.0764. The van der Waals surface area contributed by atoms with Crippen LogP contribution in [0.3, 0.4) is 0 Å². The van der Waals surface area contributed by atoms with Crippen molar-refractivity contribution in [1.82, 2.24) is 4.57 Å². The lowest BCUT2D eigenvalue weighted by Gasteiger charge is -2.12. The van der Waals surface area contributed by atoms with E-state index < -0.39 is 18.5 Å². The number of carboxylic acids is 1. The van der Waals surface area contributed by atoms with E-state index in [1.165, 1.54) is 0 Å². The smallest absolute Gasteiger partial charge is 0.341 e. The molecule has 1 heterocycles. The number of nitrogens with zero attached hydrogens (tertiary/aromatic N) is 1. The molecule has 0 spiro atoms. The first-order valence-electron chi connectivity index (χ1n) is 10.2. The summed E-state index contributed by atoms with van der Waals surface area (Å²) >= 11 is 0. The van der Waals surface area contributed by atoms with Crippen molar-refractivity contribution < 1.29 is 19.4 Å². The van der Waals surface area contributed by atoms with E-state index in [0.29, 0.717) is 28.6 Å². The molecule has 3 N–H and O–H groups in total. The highest BCUT2D eigenvalue weighted by Crippen LogP contribution is 2.42. The monoisotopic (exact) mass is 424 g/mol. The fraction of sp³-hybridized carbons (Fsp3) is 0.0769. The maximum Gasteiger partial charge on any atom is 0.341 e. The molecule has 0 unspecified atom stereocenters. The molecule has 6 heteroatoms. The van der Waals surface area contributed by atoms with Crippen LogP contribution in [0.4, 0.5) is 0 Å². The third-order valence-corrected chi connectivity index (χ3v) is 5.64. The van der Waals surface area contributed by atoms with Crippen molar-refractivity contribution in [1.29, 1.82) is 0 Å². The van der Waals surface area contributed by atoms with Crippen LogP contribution in [0.5, 0.6) is 5.75 Å². The number of primary amides is 1. The molecule has 1 aromatic heterocycles. The number of rotatable bonds is 6. The van der Waals surface area contributed by atoms with Gasteiger partial charge in [-0.25, -0.2) is 4.79 Å². The van der Waals surface area contributed by atoms with Gasteiger partial charge in [-0.2, -0.15) is 0 Å². The molecule has 0 saturated carbocycles. The van der Waals surface area contributed by atoms with Gasteiger partial charge in [0.2, 0.25) is 5.91 Å². The van der Waals surface area contributed by atoms with Crippen LogP contribution in [0.25, 0.3) is 32.6 Å². The van der Waals surface area contributed by atoms with E-state index in [9.17, 15) is 14.7 Å². The molecule has 5 aromatic rings. The Morgan fingerprint density at radius 2 is 1.66 bits per heavy atom. The van der Waals surface area contributed by atoms with Gasteiger partial charge in [0.1, 0.15) is 5.75 Å². The van der Waals surface area contributed by atoms with E-state index in [4.69, 9.17) is 10.5 Å². The molecule has 6 nitrogen and oxygen atoms in total. The number of nitrogens with two attached hydrogens (primary N) is 1.